The normalized spacial score (nSPS) is 11.2. The van der Waals surface area contributed by atoms with Crippen LogP contribution in [-0.2, 0) is 22.5 Å². The second kappa shape index (κ2) is 11.6. The fourth-order valence-corrected chi connectivity index (χ4v) is 4.40. The van der Waals surface area contributed by atoms with Crippen molar-refractivity contribution in [3.8, 4) is 0 Å². The number of rotatable bonds is 9. The standard InChI is InChI=1S/C30H25N5O5/c1-2-40-30(37)26-27-29(32-24-14-7-6-13-23(24)31-27)34(18-17-20-9-4-3-5-10-20)28(26)33-25(36)16-15-21-11-8-12-22(19-21)35(38)39/h3-16,19H,2,17-18H2,1H3,(H,33,36). The van der Waals surface area contributed by atoms with Gasteiger partial charge in [0, 0.05) is 24.8 Å². The van der Waals surface area contributed by atoms with Gasteiger partial charge in [-0.2, -0.15) is 0 Å². The minimum Gasteiger partial charge on any atom is -0.462 e. The lowest BCUT2D eigenvalue weighted by Gasteiger charge is -2.12. The van der Waals surface area contributed by atoms with Gasteiger partial charge in [-0.25, -0.2) is 14.8 Å². The second-order valence-electron chi connectivity index (χ2n) is 8.89. The summed E-state index contributed by atoms with van der Waals surface area (Å²) in [6.45, 7) is 2.24. The van der Waals surface area contributed by atoms with Crippen LogP contribution in [0.4, 0.5) is 11.5 Å². The fourth-order valence-electron chi connectivity index (χ4n) is 4.40. The van der Waals surface area contributed by atoms with E-state index in [1.807, 2.05) is 48.5 Å². The van der Waals surface area contributed by atoms with Gasteiger partial charge in [-0.1, -0.05) is 54.6 Å². The number of nitro benzene ring substituents is 1. The Balaban J connectivity index is 1.60. The van der Waals surface area contributed by atoms with E-state index in [0.717, 1.165) is 5.56 Å². The quantitative estimate of drug-likeness (QED) is 0.113. The lowest BCUT2D eigenvalue weighted by molar-refractivity contribution is -0.384. The molecule has 10 heteroatoms. The van der Waals surface area contributed by atoms with Gasteiger partial charge in [0.2, 0.25) is 5.91 Å². The highest BCUT2D eigenvalue weighted by Gasteiger charge is 2.27. The zero-order chi connectivity index (χ0) is 28.1. The van der Waals surface area contributed by atoms with Crippen LogP contribution in [0.2, 0.25) is 0 Å². The number of para-hydroxylation sites is 2. The highest BCUT2D eigenvalue weighted by molar-refractivity contribution is 6.13. The van der Waals surface area contributed by atoms with Crippen molar-refractivity contribution >= 4 is 51.7 Å². The molecule has 1 N–H and O–H groups in total. The molecule has 3 aromatic carbocycles. The summed E-state index contributed by atoms with van der Waals surface area (Å²) >= 11 is 0. The number of nitrogens with one attached hydrogen (secondary N) is 1. The van der Waals surface area contributed by atoms with Crippen molar-refractivity contribution in [3.05, 3.63) is 112 Å². The first kappa shape index (κ1) is 26.2. The summed E-state index contributed by atoms with van der Waals surface area (Å²) in [6.07, 6.45) is 3.33. The zero-order valence-electron chi connectivity index (χ0n) is 21.6. The Morgan fingerprint density at radius 3 is 2.45 bits per heavy atom. The molecule has 0 saturated carbocycles. The molecule has 2 aromatic heterocycles. The van der Waals surface area contributed by atoms with Crippen LogP contribution in [0.25, 0.3) is 28.3 Å². The molecule has 0 spiro atoms. The lowest BCUT2D eigenvalue weighted by atomic mass is 10.1. The smallest absolute Gasteiger partial charge is 0.344 e. The van der Waals surface area contributed by atoms with Crippen LogP contribution in [-0.4, -0.2) is 37.9 Å². The van der Waals surface area contributed by atoms with Crippen LogP contribution in [0.3, 0.4) is 0 Å². The molecule has 0 saturated heterocycles. The van der Waals surface area contributed by atoms with Gasteiger partial charge < -0.3 is 14.6 Å². The SMILES string of the molecule is CCOC(=O)c1c(NC(=O)C=Cc2cccc([N+](=O)[O-])c2)n(CCc2ccccc2)c2nc3ccccc3nc12. The van der Waals surface area contributed by atoms with E-state index in [0.29, 0.717) is 40.7 Å². The molecule has 0 unspecified atom stereocenters. The third-order valence-corrected chi connectivity index (χ3v) is 6.25. The van der Waals surface area contributed by atoms with E-state index >= 15 is 0 Å². The molecule has 1 amide bonds. The molecule has 0 radical (unpaired) electrons. The molecular weight excluding hydrogens is 510 g/mol. The number of fused-ring (bicyclic) bond motifs is 2. The Morgan fingerprint density at radius 2 is 1.73 bits per heavy atom. The average Bonchev–Trinajstić information content (AvgIpc) is 3.26. The van der Waals surface area contributed by atoms with Crippen molar-refractivity contribution < 1.29 is 19.2 Å². The fraction of sp³-hybridized carbons (Fsp3) is 0.133. The third kappa shape index (κ3) is 5.56. The molecule has 2 heterocycles. The molecule has 5 aromatic rings. The summed E-state index contributed by atoms with van der Waals surface area (Å²) in [6, 6.07) is 23.1. The van der Waals surface area contributed by atoms with Crippen LogP contribution in [0.5, 0.6) is 0 Å². The number of hydrogen-bond acceptors (Lipinski definition) is 7. The number of hydrogen-bond donors (Lipinski definition) is 1. The van der Waals surface area contributed by atoms with Crippen molar-refractivity contribution in [1.82, 2.24) is 14.5 Å². The lowest BCUT2D eigenvalue weighted by Crippen LogP contribution is -2.17. The number of carbonyl (C=O) groups is 2. The molecule has 40 heavy (non-hydrogen) atoms. The summed E-state index contributed by atoms with van der Waals surface area (Å²) in [5.41, 5.74) is 3.58. The summed E-state index contributed by atoms with van der Waals surface area (Å²) in [4.78, 5) is 46.5. The molecule has 0 aliphatic heterocycles. The monoisotopic (exact) mass is 535 g/mol. The van der Waals surface area contributed by atoms with Gasteiger partial charge in [0.15, 0.2) is 5.65 Å². The van der Waals surface area contributed by atoms with Gasteiger partial charge in [0.25, 0.3) is 5.69 Å². The first-order valence-corrected chi connectivity index (χ1v) is 12.7. The van der Waals surface area contributed by atoms with Gasteiger partial charge in [-0.15, -0.1) is 0 Å². The minimum atomic E-state index is -0.631. The second-order valence-corrected chi connectivity index (χ2v) is 8.89. The maximum Gasteiger partial charge on any atom is 0.344 e. The van der Waals surface area contributed by atoms with Crippen molar-refractivity contribution in [1.29, 1.82) is 0 Å². The average molecular weight is 536 g/mol. The predicted octanol–water partition coefficient (Wildman–Crippen LogP) is 5.56. The van der Waals surface area contributed by atoms with Crippen molar-refractivity contribution in [2.75, 3.05) is 11.9 Å². The Bertz CT molecular complexity index is 1760. The van der Waals surface area contributed by atoms with Crippen LogP contribution in [0.15, 0.2) is 84.9 Å². The van der Waals surface area contributed by atoms with E-state index in [1.54, 1.807) is 23.6 Å². The largest absolute Gasteiger partial charge is 0.462 e. The molecule has 0 atom stereocenters. The molecule has 200 valence electrons. The topological polar surface area (TPSA) is 129 Å². The summed E-state index contributed by atoms with van der Waals surface area (Å²) in [7, 11) is 0. The van der Waals surface area contributed by atoms with Gasteiger partial charge in [0.1, 0.15) is 16.9 Å². The van der Waals surface area contributed by atoms with Crippen molar-refractivity contribution in [3.63, 3.8) is 0 Å². The number of benzene rings is 3. The van der Waals surface area contributed by atoms with Crippen molar-refractivity contribution in [2.45, 2.75) is 19.9 Å². The molecule has 0 aliphatic rings. The molecule has 5 rings (SSSR count). The van der Waals surface area contributed by atoms with Gasteiger partial charge in [-0.05, 0) is 42.7 Å². The maximum atomic E-state index is 13.2. The summed E-state index contributed by atoms with van der Waals surface area (Å²) in [5, 5.41) is 13.9. The minimum absolute atomic E-state index is 0.0857. The van der Waals surface area contributed by atoms with E-state index in [4.69, 9.17) is 14.7 Å². The Labute approximate surface area is 229 Å². The van der Waals surface area contributed by atoms with Gasteiger partial charge in [0.05, 0.1) is 22.6 Å². The number of amides is 1. The van der Waals surface area contributed by atoms with Gasteiger partial charge >= 0.3 is 5.97 Å². The third-order valence-electron chi connectivity index (χ3n) is 6.25. The molecule has 0 fully saturated rings. The zero-order valence-corrected chi connectivity index (χ0v) is 21.6. The Morgan fingerprint density at radius 1 is 1.00 bits per heavy atom. The maximum absolute atomic E-state index is 13.2. The molecule has 10 nitrogen and oxygen atoms in total. The number of nitrogens with zero attached hydrogens (tertiary/aromatic N) is 4. The number of anilines is 1. The van der Waals surface area contributed by atoms with Crippen LogP contribution in [0.1, 0.15) is 28.4 Å². The molecule has 0 aliphatic carbocycles. The number of aromatic nitrogens is 3. The number of non-ortho nitro benzene ring substituents is 1. The number of ether oxygens (including phenoxy) is 1. The van der Waals surface area contributed by atoms with E-state index in [1.165, 1.54) is 30.4 Å². The van der Waals surface area contributed by atoms with Crippen LogP contribution >= 0.6 is 0 Å². The van der Waals surface area contributed by atoms with E-state index in [2.05, 4.69) is 5.32 Å². The Kier molecular flexibility index (Phi) is 7.58. The highest BCUT2D eigenvalue weighted by Crippen LogP contribution is 2.31. The van der Waals surface area contributed by atoms with Gasteiger partial charge in [-0.3, -0.25) is 14.9 Å². The number of carbonyl (C=O) groups excluding carboxylic acids is 2. The first-order chi connectivity index (χ1) is 19.4. The van der Waals surface area contributed by atoms with Crippen molar-refractivity contribution in [2.24, 2.45) is 0 Å². The number of nitro groups is 1. The Hall–Kier alpha value is -5.38. The van der Waals surface area contributed by atoms with E-state index < -0.39 is 16.8 Å². The molecule has 0 bridgehead atoms. The summed E-state index contributed by atoms with van der Waals surface area (Å²) in [5.74, 6) is -0.952. The predicted molar refractivity (Wildman–Crippen MR) is 152 cm³/mol. The van der Waals surface area contributed by atoms with Crippen LogP contribution < -0.4 is 5.32 Å². The first-order valence-electron chi connectivity index (χ1n) is 12.7. The van der Waals surface area contributed by atoms with E-state index in [-0.39, 0.29) is 23.7 Å². The summed E-state index contributed by atoms with van der Waals surface area (Å²) < 4.78 is 7.13. The number of aryl methyl sites for hydroxylation is 2. The number of esters is 1. The van der Waals surface area contributed by atoms with Crippen LogP contribution in [0, 0.1) is 10.1 Å². The highest BCUT2D eigenvalue weighted by atomic mass is 16.6. The molecular formula is C30H25N5O5. The van der Waals surface area contributed by atoms with E-state index in [9.17, 15) is 19.7 Å².